The van der Waals surface area contributed by atoms with Gasteiger partial charge in [-0.3, -0.25) is 14.4 Å². The van der Waals surface area contributed by atoms with Crippen LogP contribution in [0.4, 0.5) is 0 Å². The van der Waals surface area contributed by atoms with Gasteiger partial charge in [0.25, 0.3) is 0 Å². The molecule has 1 aromatic rings. The zero-order valence-electron chi connectivity index (χ0n) is 9.83. The molecule has 0 fully saturated rings. The van der Waals surface area contributed by atoms with Gasteiger partial charge >= 0.3 is 0 Å². The Morgan fingerprint density at radius 2 is 2.25 bits per heavy atom. The number of carbonyl (C=O) groups excluding carboxylic acids is 1. The minimum absolute atomic E-state index is 0.271. The smallest absolute Gasteiger partial charge is 0.231 e. The van der Waals surface area contributed by atoms with Crippen LogP contribution in [0, 0.1) is 6.92 Å². The Morgan fingerprint density at radius 1 is 1.62 bits per heavy atom. The predicted octanol–water partition coefficient (Wildman–Crippen LogP) is 0.798. The fourth-order valence-electron chi connectivity index (χ4n) is 1.56. The molecule has 90 valence electrons. The Bertz CT molecular complexity index is 388. The number of carbonyl (C=O) groups is 1. The number of aryl methyl sites for hydroxylation is 2. The molecule has 1 rings (SSSR count). The highest BCUT2D eigenvalue weighted by atomic mass is 79.9. The Hall–Kier alpha value is -0.880. The first kappa shape index (κ1) is 13.2. The van der Waals surface area contributed by atoms with Gasteiger partial charge in [-0.1, -0.05) is 6.92 Å². The Labute approximate surface area is 104 Å². The maximum Gasteiger partial charge on any atom is 0.231 e. The van der Waals surface area contributed by atoms with Crippen LogP contribution in [0.15, 0.2) is 4.47 Å². The van der Waals surface area contributed by atoms with Crippen LogP contribution < -0.4 is 5.73 Å². The molecule has 0 aromatic carbocycles. The summed E-state index contributed by atoms with van der Waals surface area (Å²) in [6, 6.07) is 0. The molecule has 1 aromatic heterocycles. The lowest BCUT2D eigenvalue weighted by atomic mass is 10.3. The van der Waals surface area contributed by atoms with E-state index in [1.165, 1.54) is 0 Å². The number of nitrogens with zero attached hydrogens (tertiary/aromatic N) is 3. The van der Waals surface area contributed by atoms with Crippen LogP contribution in [-0.2, 0) is 18.4 Å². The van der Waals surface area contributed by atoms with E-state index < -0.39 is 0 Å². The van der Waals surface area contributed by atoms with Crippen LogP contribution in [0.3, 0.4) is 0 Å². The van der Waals surface area contributed by atoms with Crippen LogP contribution in [0.1, 0.15) is 18.3 Å². The first-order valence-electron chi connectivity index (χ1n) is 5.14. The quantitative estimate of drug-likeness (QED) is 0.872. The first-order chi connectivity index (χ1) is 7.45. The van der Waals surface area contributed by atoms with Crippen molar-refractivity contribution in [1.29, 1.82) is 0 Å². The molecule has 0 radical (unpaired) electrons. The van der Waals surface area contributed by atoms with Gasteiger partial charge in [-0.2, -0.15) is 5.10 Å². The summed E-state index contributed by atoms with van der Waals surface area (Å²) < 4.78 is 2.82. The van der Waals surface area contributed by atoms with Gasteiger partial charge in [0.15, 0.2) is 0 Å². The van der Waals surface area contributed by atoms with Crippen molar-refractivity contribution in [3.05, 3.63) is 15.9 Å². The van der Waals surface area contributed by atoms with Gasteiger partial charge in [0.1, 0.15) is 0 Å². The number of rotatable bonds is 5. The van der Waals surface area contributed by atoms with E-state index >= 15 is 0 Å². The number of halogens is 1. The number of likely N-dealkylation sites (N-methyl/N-ethyl adjacent to an activating group) is 1. The van der Waals surface area contributed by atoms with Crippen molar-refractivity contribution in [3.63, 3.8) is 0 Å². The standard InChI is InChI=1S/C10H17BrN4O/c1-4-15(6-9(12)16)5-8-10(11)7(2)13-14(8)3/h4-6H2,1-3H3,(H2,12,16). The average molecular weight is 289 g/mol. The van der Waals surface area contributed by atoms with Crippen molar-refractivity contribution in [2.24, 2.45) is 12.8 Å². The molecule has 1 amide bonds. The number of hydrogen-bond acceptors (Lipinski definition) is 3. The summed E-state index contributed by atoms with van der Waals surface area (Å²) in [6.45, 7) is 5.65. The lowest BCUT2D eigenvalue weighted by molar-refractivity contribution is -0.119. The topological polar surface area (TPSA) is 64.2 Å². The average Bonchev–Trinajstić information content (AvgIpc) is 2.43. The molecule has 6 heteroatoms. The molecule has 0 aliphatic rings. The Morgan fingerprint density at radius 3 is 2.62 bits per heavy atom. The summed E-state index contributed by atoms with van der Waals surface area (Å²) in [7, 11) is 1.89. The Kier molecular flexibility index (Phi) is 4.49. The van der Waals surface area contributed by atoms with E-state index in [9.17, 15) is 4.79 Å². The predicted molar refractivity (Wildman–Crippen MR) is 65.8 cm³/mol. The molecule has 16 heavy (non-hydrogen) atoms. The van der Waals surface area contributed by atoms with Crippen molar-refractivity contribution >= 4 is 21.8 Å². The zero-order valence-corrected chi connectivity index (χ0v) is 11.4. The van der Waals surface area contributed by atoms with E-state index in [1.54, 1.807) is 0 Å². The second kappa shape index (κ2) is 5.45. The van der Waals surface area contributed by atoms with E-state index in [2.05, 4.69) is 21.0 Å². The van der Waals surface area contributed by atoms with Crippen molar-refractivity contribution in [3.8, 4) is 0 Å². The van der Waals surface area contributed by atoms with Gasteiger partial charge in [-0.15, -0.1) is 0 Å². The summed E-state index contributed by atoms with van der Waals surface area (Å²) in [6.07, 6.45) is 0. The van der Waals surface area contributed by atoms with E-state index in [0.717, 1.165) is 22.4 Å². The first-order valence-corrected chi connectivity index (χ1v) is 5.93. The van der Waals surface area contributed by atoms with E-state index in [-0.39, 0.29) is 12.5 Å². The molecule has 0 spiro atoms. The monoisotopic (exact) mass is 288 g/mol. The minimum atomic E-state index is -0.308. The second-order valence-electron chi connectivity index (χ2n) is 3.74. The molecule has 0 aliphatic carbocycles. The maximum absolute atomic E-state index is 10.9. The highest BCUT2D eigenvalue weighted by molar-refractivity contribution is 9.10. The molecule has 5 nitrogen and oxygen atoms in total. The third kappa shape index (κ3) is 3.05. The van der Waals surface area contributed by atoms with E-state index in [4.69, 9.17) is 5.73 Å². The van der Waals surface area contributed by atoms with Gasteiger partial charge in [0.2, 0.25) is 5.91 Å². The summed E-state index contributed by atoms with van der Waals surface area (Å²) in [4.78, 5) is 12.9. The number of nitrogens with two attached hydrogens (primary N) is 1. The summed E-state index contributed by atoms with van der Waals surface area (Å²) >= 11 is 3.50. The van der Waals surface area contributed by atoms with Crippen LogP contribution >= 0.6 is 15.9 Å². The lowest BCUT2D eigenvalue weighted by Crippen LogP contribution is -2.33. The second-order valence-corrected chi connectivity index (χ2v) is 4.53. The van der Waals surface area contributed by atoms with Crippen LogP contribution in [0.25, 0.3) is 0 Å². The van der Waals surface area contributed by atoms with Gasteiger partial charge in [-0.25, -0.2) is 0 Å². The summed E-state index contributed by atoms with van der Waals surface area (Å²) in [5.41, 5.74) is 7.20. The van der Waals surface area contributed by atoms with Crippen molar-refractivity contribution in [2.75, 3.05) is 13.1 Å². The van der Waals surface area contributed by atoms with Crippen molar-refractivity contribution in [2.45, 2.75) is 20.4 Å². The molecule has 2 N–H and O–H groups in total. The van der Waals surface area contributed by atoms with Crippen LogP contribution in [-0.4, -0.2) is 33.7 Å². The maximum atomic E-state index is 10.9. The van der Waals surface area contributed by atoms with Crippen LogP contribution in [0.5, 0.6) is 0 Å². The van der Waals surface area contributed by atoms with Gasteiger partial charge in [0, 0.05) is 13.6 Å². The highest BCUT2D eigenvalue weighted by Gasteiger charge is 2.14. The number of aromatic nitrogens is 2. The van der Waals surface area contributed by atoms with Crippen molar-refractivity contribution < 1.29 is 4.79 Å². The van der Waals surface area contributed by atoms with Gasteiger partial charge in [0.05, 0.1) is 22.4 Å². The third-order valence-corrected chi connectivity index (χ3v) is 3.49. The normalized spacial score (nSPS) is 11.1. The molecule has 0 bridgehead atoms. The summed E-state index contributed by atoms with van der Waals surface area (Å²) in [5.74, 6) is -0.308. The molecule has 0 aliphatic heterocycles. The van der Waals surface area contributed by atoms with Crippen LogP contribution in [0.2, 0.25) is 0 Å². The van der Waals surface area contributed by atoms with E-state index in [0.29, 0.717) is 6.54 Å². The fraction of sp³-hybridized carbons (Fsp3) is 0.600. The number of primary amides is 1. The molecule has 0 unspecified atom stereocenters. The van der Waals surface area contributed by atoms with Crippen molar-refractivity contribution in [1.82, 2.24) is 14.7 Å². The number of hydrogen-bond donors (Lipinski definition) is 1. The SMILES string of the molecule is CCN(CC(N)=O)Cc1c(Br)c(C)nn1C. The molecule has 1 heterocycles. The van der Waals surface area contributed by atoms with Gasteiger partial charge in [-0.05, 0) is 29.4 Å². The zero-order chi connectivity index (χ0) is 12.3. The van der Waals surface area contributed by atoms with Gasteiger partial charge < -0.3 is 5.73 Å². The Balaban J connectivity index is 2.81. The minimum Gasteiger partial charge on any atom is -0.369 e. The highest BCUT2D eigenvalue weighted by Crippen LogP contribution is 2.21. The lowest BCUT2D eigenvalue weighted by Gasteiger charge is -2.18. The third-order valence-electron chi connectivity index (χ3n) is 2.46. The largest absolute Gasteiger partial charge is 0.369 e. The molecular weight excluding hydrogens is 272 g/mol. The molecule has 0 atom stereocenters. The summed E-state index contributed by atoms with van der Waals surface area (Å²) in [5, 5.41) is 4.30. The fourth-order valence-corrected chi connectivity index (χ4v) is 2.02. The molecule has 0 saturated heterocycles. The molecular formula is C10H17BrN4O. The molecule has 0 saturated carbocycles. The number of amides is 1. The van der Waals surface area contributed by atoms with E-state index in [1.807, 2.05) is 30.5 Å².